The highest BCUT2D eigenvalue weighted by molar-refractivity contribution is 5.82. The summed E-state index contributed by atoms with van der Waals surface area (Å²) >= 11 is 0. The lowest BCUT2D eigenvalue weighted by atomic mass is 9.94. The molecule has 0 bridgehead atoms. The molecule has 0 heterocycles. The fourth-order valence-electron chi connectivity index (χ4n) is 1.88. The standard InChI is InChI=1S/C15H24N2O2/c1-4-15(16,5-2)11-17-14(18)13(19-3)12-9-7-6-8-10-12/h6-10,13H,4-5,11,16H2,1-3H3,(H,17,18). The summed E-state index contributed by atoms with van der Waals surface area (Å²) in [6.07, 6.45) is 1.07. The Balaban J connectivity index is 2.66. The van der Waals surface area contributed by atoms with E-state index in [1.165, 1.54) is 7.11 Å². The van der Waals surface area contributed by atoms with Crippen LogP contribution >= 0.6 is 0 Å². The van der Waals surface area contributed by atoms with Gasteiger partial charge in [0.15, 0.2) is 6.10 Å². The quantitative estimate of drug-likeness (QED) is 0.791. The molecule has 0 aromatic heterocycles. The highest BCUT2D eigenvalue weighted by Gasteiger charge is 2.24. The minimum atomic E-state index is -0.584. The van der Waals surface area contributed by atoms with Crippen LogP contribution in [0.15, 0.2) is 30.3 Å². The molecule has 0 saturated heterocycles. The van der Waals surface area contributed by atoms with E-state index >= 15 is 0 Å². The van der Waals surface area contributed by atoms with Crippen LogP contribution in [0.5, 0.6) is 0 Å². The normalized spacial score (nSPS) is 13.1. The first kappa shape index (κ1) is 15.7. The SMILES string of the molecule is CCC(N)(CC)CNC(=O)C(OC)c1ccccc1. The lowest BCUT2D eigenvalue weighted by molar-refractivity contribution is -0.131. The summed E-state index contributed by atoms with van der Waals surface area (Å²) in [6.45, 7) is 4.52. The molecule has 0 radical (unpaired) electrons. The van der Waals surface area contributed by atoms with Crippen LogP contribution in [0.2, 0.25) is 0 Å². The zero-order valence-corrected chi connectivity index (χ0v) is 12.0. The zero-order valence-electron chi connectivity index (χ0n) is 12.0. The van der Waals surface area contributed by atoms with E-state index in [0.717, 1.165) is 18.4 Å². The van der Waals surface area contributed by atoms with E-state index in [0.29, 0.717) is 6.54 Å². The maximum Gasteiger partial charge on any atom is 0.253 e. The lowest BCUT2D eigenvalue weighted by Gasteiger charge is -2.27. The average Bonchev–Trinajstić information content (AvgIpc) is 2.46. The van der Waals surface area contributed by atoms with Gasteiger partial charge in [0.2, 0.25) is 0 Å². The van der Waals surface area contributed by atoms with Crippen molar-refractivity contribution in [2.75, 3.05) is 13.7 Å². The molecule has 3 N–H and O–H groups in total. The van der Waals surface area contributed by atoms with E-state index in [1.54, 1.807) is 0 Å². The second-order valence-corrected chi connectivity index (χ2v) is 4.81. The van der Waals surface area contributed by atoms with Gasteiger partial charge in [-0.2, -0.15) is 0 Å². The van der Waals surface area contributed by atoms with E-state index < -0.39 is 6.10 Å². The average molecular weight is 264 g/mol. The molecule has 0 aliphatic rings. The predicted octanol–water partition coefficient (Wildman–Crippen LogP) is 2.01. The van der Waals surface area contributed by atoms with Crippen LogP contribution in [-0.4, -0.2) is 25.1 Å². The second kappa shape index (κ2) is 7.26. The Labute approximate surface area is 115 Å². The topological polar surface area (TPSA) is 64.3 Å². The Hall–Kier alpha value is -1.39. The van der Waals surface area contributed by atoms with E-state index in [2.05, 4.69) is 5.32 Å². The number of hydrogen-bond acceptors (Lipinski definition) is 3. The summed E-state index contributed by atoms with van der Waals surface area (Å²) in [5.41, 5.74) is 6.67. The lowest BCUT2D eigenvalue weighted by Crippen LogP contribution is -2.50. The van der Waals surface area contributed by atoms with Crippen molar-refractivity contribution in [3.63, 3.8) is 0 Å². The van der Waals surface area contributed by atoms with E-state index in [-0.39, 0.29) is 11.4 Å². The zero-order chi connectivity index (χ0) is 14.3. The number of hydrogen-bond donors (Lipinski definition) is 2. The summed E-state index contributed by atoms with van der Waals surface area (Å²) in [6, 6.07) is 9.44. The maximum absolute atomic E-state index is 12.2. The summed E-state index contributed by atoms with van der Waals surface area (Å²) in [5.74, 6) is -0.148. The fourth-order valence-corrected chi connectivity index (χ4v) is 1.88. The number of amides is 1. The molecular weight excluding hydrogens is 240 g/mol. The summed E-state index contributed by atoms with van der Waals surface area (Å²) in [4.78, 5) is 12.2. The minimum absolute atomic E-state index is 0.148. The summed E-state index contributed by atoms with van der Waals surface area (Å²) in [5, 5.41) is 2.89. The highest BCUT2D eigenvalue weighted by Crippen LogP contribution is 2.17. The Bertz CT molecular complexity index is 388. The number of ether oxygens (including phenoxy) is 1. The van der Waals surface area contributed by atoms with E-state index in [4.69, 9.17) is 10.5 Å². The van der Waals surface area contributed by atoms with Crippen LogP contribution in [0, 0.1) is 0 Å². The largest absolute Gasteiger partial charge is 0.367 e. The third kappa shape index (κ3) is 4.33. The molecule has 106 valence electrons. The van der Waals surface area contributed by atoms with Gasteiger partial charge in [-0.25, -0.2) is 0 Å². The van der Waals surface area contributed by atoms with Crippen LogP contribution < -0.4 is 11.1 Å². The molecule has 1 unspecified atom stereocenters. The van der Waals surface area contributed by atoms with Gasteiger partial charge >= 0.3 is 0 Å². The van der Waals surface area contributed by atoms with Gasteiger partial charge in [0.05, 0.1) is 0 Å². The van der Waals surface area contributed by atoms with Crippen molar-refractivity contribution in [2.45, 2.75) is 38.3 Å². The van der Waals surface area contributed by atoms with Crippen molar-refractivity contribution in [2.24, 2.45) is 5.73 Å². The van der Waals surface area contributed by atoms with Gasteiger partial charge in [-0.1, -0.05) is 44.2 Å². The minimum Gasteiger partial charge on any atom is -0.367 e. The number of rotatable bonds is 7. The number of carbonyl (C=O) groups is 1. The number of nitrogens with one attached hydrogen (secondary N) is 1. The van der Waals surface area contributed by atoms with Crippen molar-refractivity contribution in [1.29, 1.82) is 0 Å². The first-order valence-electron chi connectivity index (χ1n) is 6.70. The van der Waals surface area contributed by atoms with Crippen LogP contribution in [0.1, 0.15) is 38.4 Å². The molecule has 1 aromatic rings. The third-order valence-corrected chi connectivity index (χ3v) is 3.60. The number of benzene rings is 1. The second-order valence-electron chi connectivity index (χ2n) is 4.81. The van der Waals surface area contributed by atoms with Crippen LogP contribution in [0.25, 0.3) is 0 Å². The summed E-state index contributed by atoms with van der Waals surface area (Å²) < 4.78 is 5.28. The van der Waals surface area contributed by atoms with Crippen molar-refractivity contribution in [3.05, 3.63) is 35.9 Å². The molecule has 4 nitrogen and oxygen atoms in total. The van der Waals surface area contributed by atoms with Gasteiger partial charge in [-0.3, -0.25) is 4.79 Å². The third-order valence-electron chi connectivity index (χ3n) is 3.60. The number of carbonyl (C=O) groups excluding carboxylic acids is 1. The molecular formula is C15H24N2O2. The van der Waals surface area contributed by atoms with Gasteiger partial charge in [-0.05, 0) is 18.4 Å². The molecule has 19 heavy (non-hydrogen) atoms. The van der Waals surface area contributed by atoms with Crippen LogP contribution in [0.3, 0.4) is 0 Å². The van der Waals surface area contributed by atoms with Crippen molar-refractivity contribution < 1.29 is 9.53 Å². The van der Waals surface area contributed by atoms with Gasteiger partial charge in [-0.15, -0.1) is 0 Å². The van der Waals surface area contributed by atoms with Crippen molar-refractivity contribution in [1.82, 2.24) is 5.32 Å². The van der Waals surface area contributed by atoms with Crippen molar-refractivity contribution in [3.8, 4) is 0 Å². The molecule has 1 amide bonds. The fraction of sp³-hybridized carbons (Fsp3) is 0.533. The molecule has 1 aromatic carbocycles. The monoisotopic (exact) mass is 264 g/mol. The first-order chi connectivity index (χ1) is 9.06. The Kier molecular flexibility index (Phi) is 5.99. The van der Waals surface area contributed by atoms with Gasteiger partial charge in [0, 0.05) is 19.2 Å². The first-order valence-corrected chi connectivity index (χ1v) is 6.70. The van der Waals surface area contributed by atoms with Gasteiger partial charge < -0.3 is 15.8 Å². The predicted molar refractivity (Wildman–Crippen MR) is 76.7 cm³/mol. The van der Waals surface area contributed by atoms with Gasteiger partial charge in [0.1, 0.15) is 0 Å². The smallest absolute Gasteiger partial charge is 0.253 e. The van der Waals surface area contributed by atoms with Crippen LogP contribution in [0.4, 0.5) is 0 Å². The number of nitrogens with two attached hydrogens (primary N) is 1. The molecule has 0 aliphatic heterocycles. The Morgan fingerprint density at radius 3 is 2.37 bits per heavy atom. The highest BCUT2D eigenvalue weighted by atomic mass is 16.5. The molecule has 0 spiro atoms. The Morgan fingerprint density at radius 1 is 1.32 bits per heavy atom. The molecule has 4 heteroatoms. The number of methoxy groups -OCH3 is 1. The van der Waals surface area contributed by atoms with Crippen molar-refractivity contribution >= 4 is 5.91 Å². The van der Waals surface area contributed by atoms with E-state index in [9.17, 15) is 4.79 Å². The Morgan fingerprint density at radius 2 is 1.89 bits per heavy atom. The van der Waals surface area contributed by atoms with Crippen LogP contribution in [-0.2, 0) is 9.53 Å². The molecule has 1 atom stereocenters. The van der Waals surface area contributed by atoms with E-state index in [1.807, 2.05) is 44.2 Å². The summed E-state index contributed by atoms with van der Waals surface area (Å²) in [7, 11) is 1.53. The van der Waals surface area contributed by atoms with Gasteiger partial charge in [0.25, 0.3) is 5.91 Å². The molecule has 0 saturated carbocycles. The maximum atomic E-state index is 12.2. The molecule has 1 rings (SSSR count). The molecule has 0 aliphatic carbocycles. The molecule has 0 fully saturated rings.